The van der Waals surface area contributed by atoms with Crippen LogP contribution in [0.1, 0.15) is 6.92 Å². The molecule has 0 unspecified atom stereocenters. The zero-order valence-electron chi connectivity index (χ0n) is 10.9. The van der Waals surface area contributed by atoms with Crippen molar-refractivity contribution >= 4 is 11.9 Å². The van der Waals surface area contributed by atoms with Crippen LogP contribution in [-0.4, -0.2) is 66.1 Å². The molecular formula is C12H16O8. The van der Waals surface area contributed by atoms with Gasteiger partial charge in [0.05, 0.1) is 13.2 Å². The van der Waals surface area contributed by atoms with Crippen molar-refractivity contribution < 1.29 is 38.7 Å². The Kier molecular flexibility index (Phi) is 4.39. The molecule has 0 aromatic heterocycles. The maximum atomic E-state index is 11.5. The zero-order chi connectivity index (χ0) is 14.8. The van der Waals surface area contributed by atoms with Crippen LogP contribution in [0.4, 0.5) is 0 Å². The smallest absolute Gasteiger partial charge is 0.333 e. The Bertz CT molecular complexity index is 420. The summed E-state index contributed by atoms with van der Waals surface area (Å²) < 4.78 is 19.7. The maximum Gasteiger partial charge on any atom is 0.333 e. The number of aliphatic hydroxyl groups excluding tert-OH is 1. The second-order valence-electron chi connectivity index (χ2n) is 4.45. The quantitative estimate of drug-likeness (QED) is 0.365. The molecule has 2 fully saturated rings. The summed E-state index contributed by atoms with van der Waals surface area (Å²) in [5.74, 6) is -3.60. The van der Waals surface area contributed by atoms with E-state index in [9.17, 15) is 19.8 Å². The molecule has 8 nitrogen and oxygen atoms in total. The van der Waals surface area contributed by atoms with Crippen LogP contribution in [0.2, 0.25) is 0 Å². The fraction of sp³-hybridized carbons (Fsp3) is 0.667. The lowest BCUT2D eigenvalue weighted by Crippen LogP contribution is -2.47. The lowest BCUT2D eigenvalue weighted by molar-refractivity contribution is -0.233. The number of ether oxygens (including phenoxy) is 4. The van der Waals surface area contributed by atoms with Crippen LogP contribution in [0.15, 0.2) is 12.2 Å². The van der Waals surface area contributed by atoms with Gasteiger partial charge in [-0.1, -0.05) is 0 Å². The highest BCUT2D eigenvalue weighted by molar-refractivity contribution is 5.91. The topological polar surface area (TPSA) is 112 Å². The molecule has 0 saturated carbocycles. The third-order valence-corrected chi connectivity index (χ3v) is 2.97. The number of rotatable bonds is 4. The third kappa shape index (κ3) is 2.98. The van der Waals surface area contributed by atoms with Gasteiger partial charge in [0.15, 0.2) is 6.10 Å². The van der Waals surface area contributed by atoms with E-state index in [0.717, 1.165) is 12.2 Å². The minimum absolute atomic E-state index is 0.00609. The van der Waals surface area contributed by atoms with Crippen molar-refractivity contribution in [2.75, 3.05) is 19.8 Å². The summed E-state index contributed by atoms with van der Waals surface area (Å²) in [5, 5.41) is 19.7. The van der Waals surface area contributed by atoms with E-state index in [1.807, 2.05) is 0 Å². The summed E-state index contributed by atoms with van der Waals surface area (Å²) in [6.45, 7) is 1.50. The highest BCUT2D eigenvalue weighted by atomic mass is 16.7. The van der Waals surface area contributed by atoms with Gasteiger partial charge < -0.3 is 29.2 Å². The van der Waals surface area contributed by atoms with Crippen molar-refractivity contribution in [1.29, 1.82) is 0 Å². The molecule has 0 spiro atoms. The summed E-state index contributed by atoms with van der Waals surface area (Å²) in [6, 6.07) is 0. The first-order valence-electron chi connectivity index (χ1n) is 6.17. The number of esters is 2. The first-order valence-corrected chi connectivity index (χ1v) is 6.17. The van der Waals surface area contributed by atoms with Crippen LogP contribution in [0, 0.1) is 0 Å². The molecule has 20 heavy (non-hydrogen) atoms. The first kappa shape index (κ1) is 14.9. The van der Waals surface area contributed by atoms with Gasteiger partial charge in [-0.3, -0.25) is 0 Å². The predicted molar refractivity (Wildman–Crippen MR) is 62.3 cm³/mol. The maximum absolute atomic E-state index is 11.5. The monoisotopic (exact) mass is 288 g/mol. The highest BCUT2D eigenvalue weighted by Gasteiger charge is 2.58. The van der Waals surface area contributed by atoms with Crippen molar-refractivity contribution in [1.82, 2.24) is 0 Å². The number of aliphatic hydroxyl groups is 2. The Morgan fingerprint density at radius 1 is 1.35 bits per heavy atom. The Hall–Kier alpha value is -1.48. The molecular weight excluding hydrogens is 272 g/mol. The molecule has 2 heterocycles. The Balaban J connectivity index is 1.92. The predicted octanol–water partition coefficient (Wildman–Crippen LogP) is -1.50. The van der Waals surface area contributed by atoms with Crippen molar-refractivity contribution in [2.24, 2.45) is 0 Å². The van der Waals surface area contributed by atoms with Gasteiger partial charge in [0.2, 0.25) is 0 Å². The van der Waals surface area contributed by atoms with Crippen LogP contribution in [-0.2, 0) is 28.5 Å². The Morgan fingerprint density at radius 3 is 2.75 bits per heavy atom. The van der Waals surface area contributed by atoms with Crippen molar-refractivity contribution in [2.45, 2.75) is 31.0 Å². The van der Waals surface area contributed by atoms with Gasteiger partial charge in [0.1, 0.15) is 18.8 Å². The summed E-state index contributed by atoms with van der Waals surface area (Å²) in [4.78, 5) is 22.6. The molecule has 2 saturated heterocycles. The second-order valence-corrected chi connectivity index (χ2v) is 4.45. The molecule has 0 amide bonds. The van der Waals surface area contributed by atoms with Crippen LogP contribution in [0.3, 0.4) is 0 Å². The number of carbonyl (C=O) groups is 2. The van der Waals surface area contributed by atoms with Gasteiger partial charge in [0, 0.05) is 12.2 Å². The average Bonchev–Trinajstić information content (AvgIpc) is 2.91. The largest absolute Gasteiger partial charge is 0.463 e. The zero-order valence-corrected chi connectivity index (χ0v) is 10.9. The molecule has 0 radical (unpaired) electrons. The van der Waals surface area contributed by atoms with Gasteiger partial charge in [0.25, 0.3) is 5.79 Å². The fourth-order valence-corrected chi connectivity index (χ4v) is 2.10. The first-order chi connectivity index (χ1) is 9.46. The van der Waals surface area contributed by atoms with Gasteiger partial charge in [-0.05, 0) is 6.92 Å². The molecule has 0 bridgehead atoms. The summed E-state index contributed by atoms with van der Waals surface area (Å²) in [5.41, 5.74) is 0. The summed E-state index contributed by atoms with van der Waals surface area (Å²) in [7, 11) is 0. The van der Waals surface area contributed by atoms with Gasteiger partial charge in [-0.25, -0.2) is 9.59 Å². The molecule has 0 aromatic rings. The van der Waals surface area contributed by atoms with E-state index in [1.54, 1.807) is 6.92 Å². The van der Waals surface area contributed by atoms with E-state index >= 15 is 0 Å². The van der Waals surface area contributed by atoms with Crippen molar-refractivity contribution in [3.05, 3.63) is 12.2 Å². The molecule has 2 rings (SSSR count). The second kappa shape index (κ2) is 5.88. The number of hydrogen-bond acceptors (Lipinski definition) is 8. The fourth-order valence-electron chi connectivity index (χ4n) is 2.10. The molecule has 0 aliphatic carbocycles. The molecule has 8 heteroatoms. The third-order valence-electron chi connectivity index (χ3n) is 2.97. The van der Waals surface area contributed by atoms with Gasteiger partial charge >= 0.3 is 11.9 Å². The van der Waals surface area contributed by atoms with E-state index in [-0.39, 0.29) is 19.8 Å². The number of fused-ring (bicyclic) bond motifs is 1. The Morgan fingerprint density at radius 2 is 2.05 bits per heavy atom. The lowest BCUT2D eigenvalue weighted by atomic mass is 10.1. The van der Waals surface area contributed by atoms with E-state index in [2.05, 4.69) is 4.74 Å². The number of carbonyl (C=O) groups excluding carboxylic acids is 2. The SMILES string of the molecule is CCOC(=O)/C=C\C(=O)O[C@@]1(O)CO[C@@H]2[C@H](O)CO[C@@H]21. The van der Waals surface area contributed by atoms with E-state index < -0.39 is 36.0 Å². The molecule has 2 aliphatic heterocycles. The molecule has 2 N–H and O–H groups in total. The van der Waals surface area contributed by atoms with E-state index in [4.69, 9.17) is 14.2 Å². The normalized spacial score (nSPS) is 36.0. The van der Waals surface area contributed by atoms with Crippen molar-refractivity contribution in [3.8, 4) is 0 Å². The minimum atomic E-state index is -1.97. The van der Waals surface area contributed by atoms with Crippen molar-refractivity contribution in [3.63, 3.8) is 0 Å². The highest BCUT2D eigenvalue weighted by Crippen LogP contribution is 2.35. The summed E-state index contributed by atoms with van der Waals surface area (Å²) in [6.07, 6.45) is -0.816. The van der Waals surface area contributed by atoms with Crippen LogP contribution < -0.4 is 0 Å². The standard InChI is InChI=1S/C12H16O8/c1-2-17-8(14)3-4-9(15)20-12(16)6-19-10-7(13)5-18-11(10)12/h3-4,7,10-11,13,16H,2,5-6H2,1H3/b4-3-/t7-,10-,11+,12+/m1/s1. The molecule has 4 atom stereocenters. The number of hydrogen-bond donors (Lipinski definition) is 2. The van der Waals surface area contributed by atoms with Gasteiger partial charge in [-0.15, -0.1) is 0 Å². The minimum Gasteiger partial charge on any atom is -0.463 e. The molecule has 2 aliphatic rings. The van der Waals surface area contributed by atoms with Gasteiger partial charge in [-0.2, -0.15) is 0 Å². The molecule has 0 aromatic carbocycles. The Labute approximate surface area is 114 Å². The van der Waals surface area contributed by atoms with Crippen LogP contribution in [0.5, 0.6) is 0 Å². The average molecular weight is 288 g/mol. The van der Waals surface area contributed by atoms with E-state index in [0.29, 0.717) is 0 Å². The van der Waals surface area contributed by atoms with E-state index in [1.165, 1.54) is 0 Å². The lowest BCUT2D eigenvalue weighted by Gasteiger charge is -2.25. The van der Waals surface area contributed by atoms with Crippen LogP contribution in [0.25, 0.3) is 0 Å². The molecule has 112 valence electrons. The van der Waals surface area contributed by atoms with Crippen LogP contribution >= 0.6 is 0 Å². The summed E-state index contributed by atoms with van der Waals surface area (Å²) >= 11 is 0.